The number of hydrogen-bond donors (Lipinski definition) is 2. The van der Waals surface area contributed by atoms with E-state index in [0.717, 1.165) is 33.5 Å². The van der Waals surface area contributed by atoms with E-state index < -0.39 is 5.41 Å². The number of nitrogens with one attached hydrogen (secondary N) is 1. The summed E-state index contributed by atoms with van der Waals surface area (Å²) in [5.41, 5.74) is 4.32. The summed E-state index contributed by atoms with van der Waals surface area (Å²) >= 11 is 6.28. The van der Waals surface area contributed by atoms with Crippen LogP contribution in [0.1, 0.15) is 27.8 Å². The lowest BCUT2D eigenvalue weighted by molar-refractivity contribution is -0.118. The number of carbonyl (C=O) groups is 1. The van der Waals surface area contributed by atoms with Crippen LogP contribution in [-0.4, -0.2) is 11.0 Å². The number of aryl methyl sites for hydroxylation is 1. The predicted molar refractivity (Wildman–Crippen MR) is 104 cm³/mol. The molecule has 4 rings (SSSR count). The molecule has 0 aromatic heterocycles. The molecule has 26 heavy (non-hydrogen) atoms. The van der Waals surface area contributed by atoms with Crippen molar-refractivity contribution in [2.75, 3.05) is 5.32 Å². The van der Waals surface area contributed by atoms with Crippen LogP contribution in [0.2, 0.25) is 5.02 Å². The zero-order valence-electron chi connectivity index (χ0n) is 14.5. The molecule has 0 aliphatic carbocycles. The van der Waals surface area contributed by atoms with Gasteiger partial charge < -0.3 is 10.4 Å². The molecule has 130 valence electrons. The van der Waals surface area contributed by atoms with Crippen LogP contribution < -0.4 is 5.32 Å². The number of benzene rings is 3. The smallest absolute Gasteiger partial charge is 0.244 e. The van der Waals surface area contributed by atoms with Crippen molar-refractivity contribution < 1.29 is 9.90 Å². The molecule has 0 radical (unpaired) electrons. The highest BCUT2D eigenvalue weighted by atomic mass is 35.5. The number of amides is 1. The first-order valence-corrected chi connectivity index (χ1v) is 8.80. The van der Waals surface area contributed by atoms with Crippen molar-refractivity contribution in [2.24, 2.45) is 0 Å². The molecule has 3 aromatic rings. The van der Waals surface area contributed by atoms with Gasteiger partial charge in [0, 0.05) is 10.6 Å². The maximum absolute atomic E-state index is 13.4. The molecule has 3 nitrogen and oxygen atoms in total. The second kappa shape index (κ2) is 5.89. The van der Waals surface area contributed by atoms with Gasteiger partial charge in [-0.05, 0) is 48.7 Å². The largest absolute Gasteiger partial charge is 0.508 e. The zero-order chi connectivity index (χ0) is 18.5. The highest BCUT2D eigenvalue weighted by molar-refractivity contribution is 6.32. The van der Waals surface area contributed by atoms with Gasteiger partial charge in [-0.2, -0.15) is 0 Å². The summed E-state index contributed by atoms with van der Waals surface area (Å²) in [6, 6.07) is 18.5. The summed E-state index contributed by atoms with van der Waals surface area (Å²) in [7, 11) is 0. The summed E-state index contributed by atoms with van der Waals surface area (Å²) in [6.07, 6.45) is 0. The molecular formula is C22H18ClNO2. The number of anilines is 1. The molecule has 1 heterocycles. The van der Waals surface area contributed by atoms with Crippen molar-refractivity contribution >= 4 is 23.2 Å². The third-order valence-electron chi connectivity index (χ3n) is 5.17. The number of halogens is 1. The summed E-state index contributed by atoms with van der Waals surface area (Å²) in [5.74, 6) is 0.0473. The van der Waals surface area contributed by atoms with Crippen LogP contribution in [0, 0.1) is 13.8 Å². The topological polar surface area (TPSA) is 49.3 Å². The Kier molecular flexibility index (Phi) is 3.78. The Bertz CT molecular complexity index is 962. The van der Waals surface area contributed by atoms with Crippen LogP contribution in [0.5, 0.6) is 5.75 Å². The molecule has 0 bridgehead atoms. The SMILES string of the molecule is Cc1ccc([C@]2(c3ccc(O)cc3)C(=O)Nc3c2ccc(Cl)c3C)cc1. The van der Waals surface area contributed by atoms with Crippen molar-refractivity contribution in [1.82, 2.24) is 0 Å². The number of hydrogen-bond acceptors (Lipinski definition) is 2. The minimum absolute atomic E-state index is 0.118. The van der Waals surface area contributed by atoms with Gasteiger partial charge in [0.15, 0.2) is 0 Å². The van der Waals surface area contributed by atoms with E-state index >= 15 is 0 Å². The maximum atomic E-state index is 13.4. The predicted octanol–water partition coefficient (Wildman–Crippen LogP) is 4.95. The van der Waals surface area contributed by atoms with Crippen LogP contribution in [0.25, 0.3) is 0 Å². The van der Waals surface area contributed by atoms with Gasteiger partial charge in [-0.3, -0.25) is 4.79 Å². The fourth-order valence-electron chi connectivity index (χ4n) is 3.74. The van der Waals surface area contributed by atoms with Gasteiger partial charge in [0.1, 0.15) is 11.2 Å². The molecule has 1 aliphatic heterocycles. The molecule has 0 fully saturated rings. The Balaban J connectivity index is 2.08. The van der Waals surface area contributed by atoms with Crippen LogP contribution in [-0.2, 0) is 10.2 Å². The molecule has 0 saturated carbocycles. The number of fused-ring (bicyclic) bond motifs is 1. The van der Waals surface area contributed by atoms with Gasteiger partial charge in [0.25, 0.3) is 0 Å². The van der Waals surface area contributed by atoms with Gasteiger partial charge in [-0.1, -0.05) is 59.6 Å². The standard InChI is InChI=1S/C22H18ClNO2/c1-13-3-5-15(6-4-13)22(16-7-9-17(25)10-8-16)18-11-12-19(23)14(2)20(18)24-21(22)26/h3-12,25H,1-2H3,(H,24,26)/t22-/m1/s1. The highest BCUT2D eigenvalue weighted by Crippen LogP contribution is 2.49. The number of aromatic hydroxyl groups is 1. The van der Waals surface area contributed by atoms with E-state index in [1.165, 1.54) is 0 Å². The lowest BCUT2D eigenvalue weighted by Crippen LogP contribution is -2.37. The molecule has 0 spiro atoms. The Morgan fingerprint density at radius 2 is 1.46 bits per heavy atom. The molecule has 4 heteroatoms. The third-order valence-corrected chi connectivity index (χ3v) is 5.58. The summed E-state index contributed by atoms with van der Waals surface area (Å²) < 4.78 is 0. The van der Waals surface area contributed by atoms with E-state index in [9.17, 15) is 9.90 Å². The van der Waals surface area contributed by atoms with E-state index in [-0.39, 0.29) is 11.7 Å². The first-order valence-electron chi connectivity index (χ1n) is 8.42. The lowest BCUT2D eigenvalue weighted by atomic mass is 9.70. The Morgan fingerprint density at radius 3 is 2.08 bits per heavy atom. The number of phenols is 1. The minimum Gasteiger partial charge on any atom is -0.508 e. The molecular weight excluding hydrogens is 346 g/mol. The monoisotopic (exact) mass is 363 g/mol. The molecule has 0 unspecified atom stereocenters. The van der Waals surface area contributed by atoms with Gasteiger partial charge in [-0.15, -0.1) is 0 Å². The molecule has 2 N–H and O–H groups in total. The van der Waals surface area contributed by atoms with Gasteiger partial charge in [0.2, 0.25) is 5.91 Å². The van der Waals surface area contributed by atoms with Gasteiger partial charge >= 0.3 is 0 Å². The van der Waals surface area contributed by atoms with Crippen LogP contribution in [0.3, 0.4) is 0 Å². The van der Waals surface area contributed by atoms with E-state index in [4.69, 9.17) is 11.6 Å². The number of carbonyl (C=O) groups excluding carboxylic acids is 1. The first kappa shape index (κ1) is 16.7. The average Bonchev–Trinajstić information content (AvgIpc) is 2.93. The average molecular weight is 364 g/mol. The van der Waals surface area contributed by atoms with Crippen LogP contribution in [0.15, 0.2) is 60.7 Å². The second-order valence-corrected chi connectivity index (χ2v) is 7.12. The molecule has 1 atom stereocenters. The van der Waals surface area contributed by atoms with Crippen molar-refractivity contribution in [3.05, 3.63) is 93.5 Å². The minimum atomic E-state index is -0.980. The van der Waals surface area contributed by atoms with E-state index in [0.29, 0.717) is 5.02 Å². The maximum Gasteiger partial charge on any atom is 0.244 e. The van der Waals surface area contributed by atoms with Gasteiger partial charge in [0.05, 0.1) is 5.69 Å². The summed E-state index contributed by atoms with van der Waals surface area (Å²) in [4.78, 5) is 13.4. The Labute approximate surface area is 157 Å². The normalized spacial score (nSPS) is 18.5. The first-order chi connectivity index (χ1) is 12.4. The van der Waals surface area contributed by atoms with Crippen LogP contribution >= 0.6 is 11.6 Å². The molecule has 1 aliphatic rings. The molecule has 0 saturated heterocycles. The van der Waals surface area contributed by atoms with E-state index in [1.807, 2.05) is 50.2 Å². The van der Waals surface area contributed by atoms with E-state index in [1.54, 1.807) is 24.3 Å². The number of phenolic OH excluding ortho intramolecular Hbond substituents is 1. The fraction of sp³-hybridized carbons (Fsp3) is 0.136. The van der Waals surface area contributed by atoms with Crippen molar-refractivity contribution in [2.45, 2.75) is 19.3 Å². The molecule has 3 aromatic carbocycles. The van der Waals surface area contributed by atoms with E-state index in [2.05, 4.69) is 5.32 Å². The lowest BCUT2D eigenvalue weighted by Gasteiger charge is -2.29. The van der Waals surface area contributed by atoms with Crippen molar-refractivity contribution in [3.63, 3.8) is 0 Å². The Hall–Kier alpha value is -2.78. The molecule has 1 amide bonds. The van der Waals surface area contributed by atoms with Gasteiger partial charge in [-0.25, -0.2) is 0 Å². The summed E-state index contributed by atoms with van der Waals surface area (Å²) in [6.45, 7) is 3.92. The summed E-state index contributed by atoms with van der Waals surface area (Å²) in [5, 5.41) is 13.4. The number of rotatable bonds is 2. The zero-order valence-corrected chi connectivity index (χ0v) is 15.3. The highest BCUT2D eigenvalue weighted by Gasteiger charge is 2.50. The van der Waals surface area contributed by atoms with Crippen molar-refractivity contribution in [1.29, 1.82) is 0 Å². The van der Waals surface area contributed by atoms with Crippen molar-refractivity contribution in [3.8, 4) is 5.75 Å². The second-order valence-electron chi connectivity index (χ2n) is 6.71. The van der Waals surface area contributed by atoms with Crippen LogP contribution in [0.4, 0.5) is 5.69 Å². The Morgan fingerprint density at radius 1 is 0.885 bits per heavy atom. The fourth-order valence-corrected chi connectivity index (χ4v) is 3.90. The third kappa shape index (κ3) is 2.24. The quantitative estimate of drug-likeness (QED) is 0.676.